The fourth-order valence-corrected chi connectivity index (χ4v) is 9.15. The minimum absolute atomic E-state index is 0.0779. The molecule has 0 bridgehead atoms. The molecule has 11 nitrogen and oxygen atoms in total. The summed E-state index contributed by atoms with van der Waals surface area (Å²) in [7, 11) is 0. The number of allylic oxidation sites excluding steroid dienone is 17. The van der Waals surface area contributed by atoms with Gasteiger partial charge in [-0.05, 0) is 109 Å². The molecule has 1 amide bonds. The molecule has 79 heavy (non-hydrogen) atoms. The van der Waals surface area contributed by atoms with Gasteiger partial charge in [0.2, 0.25) is 5.91 Å². The van der Waals surface area contributed by atoms with Gasteiger partial charge in [0.1, 0.15) is 24.4 Å². The summed E-state index contributed by atoms with van der Waals surface area (Å²) < 4.78 is 17.6. The fraction of sp³-hybridized carbons (Fsp3) is 0.706. The molecule has 0 aliphatic carbocycles. The van der Waals surface area contributed by atoms with Crippen molar-refractivity contribution in [3.05, 3.63) is 109 Å². The normalized spacial score (nSPS) is 19.6. The SMILES string of the molecule is CC/C=C\C/C=C\C/C=C\C/C=C\C/C=C\CCCCCC(=O)OC1C(OCC(NC(=O)C(O)CCCCCCCCC/C=C\C/C=C\C/C=C\CCCCC)C(O)/C=C/CCCCCCCCCCC)OC(CO)C(O)C1O. The second-order valence-corrected chi connectivity index (χ2v) is 21.4. The number of unbranched alkanes of at least 4 members (excludes halogenated alkanes) is 22. The lowest BCUT2D eigenvalue weighted by Gasteiger charge is -2.41. The van der Waals surface area contributed by atoms with Crippen molar-refractivity contribution in [3.8, 4) is 0 Å². The molecule has 0 radical (unpaired) electrons. The number of rotatable bonds is 52. The van der Waals surface area contributed by atoms with E-state index < -0.39 is 67.4 Å². The highest BCUT2D eigenvalue weighted by molar-refractivity contribution is 5.80. The zero-order valence-corrected chi connectivity index (χ0v) is 50.0. The van der Waals surface area contributed by atoms with Gasteiger partial charge in [0.25, 0.3) is 0 Å². The molecule has 0 aromatic heterocycles. The average molecular weight is 1110 g/mol. The van der Waals surface area contributed by atoms with Crippen molar-refractivity contribution >= 4 is 11.9 Å². The molecular weight excluding hydrogens is 991 g/mol. The maximum atomic E-state index is 13.4. The van der Waals surface area contributed by atoms with E-state index in [4.69, 9.17) is 14.2 Å². The minimum atomic E-state index is -1.64. The maximum Gasteiger partial charge on any atom is 0.306 e. The number of amides is 1. The summed E-state index contributed by atoms with van der Waals surface area (Å²) in [4.78, 5) is 26.6. The summed E-state index contributed by atoms with van der Waals surface area (Å²) in [5.41, 5.74) is 0. The van der Waals surface area contributed by atoms with Crippen LogP contribution in [0, 0.1) is 0 Å². The Kier molecular flexibility index (Phi) is 50.9. The summed E-state index contributed by atoms with van der Waals surface area (Å²) in [5, 5.41) is 57.0. The van der Waals surface area contributed by atoms with E-state index in [1.54, 1.807) is 6.08 Å². The molecule has 8 atom stereocenters. The average Bonchev–Trinajstić information content (AvgIpc) is 3.47. The molecule has 1 heterocycles. The van der Waals surface area contributed by atoms with Crippen LogP contribution in [0.3, 0.4) is 0 Å². The van der Waals surface area contributed by atoms with E-state index in [1.807, 2.05) is 6.08 Å². The molecule has 6 N–H and O–H groups in total. The van der Waals surface area contributed by atoms with Crippen molar-refractivity contribution in [2.75, 3.05) is 13.2 Å². The first-order valence-electron chi connectivity index (χ1n) is 31.7. The van der Waals surface area contributed by atoms with Gasteiger partial charge in [-0.1, -0.05) is 239 Å². The predicted molar refractivity (Wildman–Crippen MR) is 328 cm³/mol. The monoisotopic (exact) mass is 1110 g/mol. The Morgan fingerprint density at radius 2 is 0.911 bits per heavy atom. The summed E-state index contributed by atoms with van der Waals surface area (Å²) >= 11 is 0. The predicted octanol–water partition coefficient (Wildman–Crippen LogP) is 15.3. The highest BCUT2D eigenvalue weighted by Gasteiger charge is 2.47. The number of esters is 1. The lowest BCUT2D eigenvalue weighted by atomic mass is 9.99. The van der Waals surface area contributed by atoms with E-state index >= 15 is 0 Å². The smallest absolute Gasteiger partial charge is 0.306 e. The Morgan fingerprint density at radius 1 is 0.506 bits per heavy atom. The van der Waals surface area contributed by atoms with Crippen LogP contribution in [-0.4, -0.2) is 99.6 Å². The molecule has 8 unspecified atom stereocenters. The summed E-state index contributed by atoms with van der Waals surface area (Å²) in [6.07, 6.45) is 64.0. The molecule has 0 aromatic carbocycles. The Hall–Kier alpha value is -3.68. The van der Waals surface area contributed by atoms with E-state index in [-0.39, 0.29) is 19.4 Å². The molecule has 1 aliphatic rings. The second kappa shape index (κ2) is 54.9. The van der Waals surface area contributed by atoms with Gasteiger partial charge in [0.15, 0.2) is 12.4 Å². The minimum Gasteiger partial charge on any atom is -0.454 e. The van der Waals surface area contributed by atoms with Crippen LogP contribution in [-0.2, 0) is 23.8 Å². The van der Waals surface area contributed by atoms with E-state index in [9.17, 15) is 35.1 Å². The van der Waals surface area contributed by atoms with Crippen LogP contribution in [0.2, 0.25) is 0 Å². The van der Waals surface area contributed by atoms with Gasteiger partial charge in [-0.3, -0.25) is 9.59 Å². The van der Waals surface area contributed by atoms with Crippen LogP contribution in [0.15, 0.2) is 109 Å². The van der Waals surface area contributed by atoms with Gasteiger partial charge >= 0.3 is 5.97 Å². The van der Waals surface area contributed by atoms with Gasteiger partial charge in [0.05, 0.1) is 25.4 Å². The topological polar surface area (TPSA) is 175 Å². The van der Waals surface area contributed by atoms with E-state index in [2.05, 4.69) is 123 Å². The molecule has 1 aliphatic heterocycles. The maximum absolute atomic E-state index is 13.4. The van der Waals surface area contributed by atoms with Crippen molar-refractivity contribution in [1.82, 2.24) is 5.32 Å². The lowest BCUT2D eigenvalue weighted by Crippen LogP contribution is -2.61. The zero-order valence-electron chi connectivity index (χ0n) is 50.0. The van der Waals surface area contributed by atoms with Crippen LogP contribution in [0.1, 0.15) is 245 Å². The summed E-state index contributed by atoms with van der Waals surface area (Å²) in [5.74, 6) is -1.24. The van der Waals surface area contributed by atoms with E-state index in [0.29, 0.717) is 12.8 Å². The van der Waals surface area contributed by atoms with E-state index in [0.717, 1.165) is 122 Å². The van der Waals surface area contributed by atoms with Crippen molar-refractivity contribution < 1.29 is 49.3 Å². The van der Waals surface area contributed by atoms with Gasteiger partial charge < -0.3 is 45.1 Å². The number of hydrogen-bond acceptors (Lipinski definition) is 10. The largest absolute Gasteiger partial charge is 0.454 e. The Balaban J connectivity index is 2.68. The first-order chi connectivity index (χ1) is 38.7. The molecule has 11 heteroatoms. The van der Waals surface area contributed by atoms with Crippen LogP contribution in [0.5, 0.6) is 0 Å². The number of ether oxygens (including phenoxy) is 3. The van der Waals surface area contributed by atoms with Crippen molar-refractivity contribution in [2.24, 2.45) is 0 Å². The van der Waals surface area contributed by atoms with Crippen LogP contribution < -0.4 is 5.32 Å². The molecule has 0 spiro atoms. The molecule has 0 saturated carbocycles. The standard InChI is InChI=1S/C68H115NO10/c1-4-7-10-13-16-19-22-24-26-28-30-32-33-35-37-40-43-46-49-52-55-61(72)67(76)69-59(60(71)54-51-48-45-42-39-21-18-15-12-9-6-3)58-77-68-66(65(75)64(74)62(57-70)78-68)79-63(73)56-53-50-47-44-41-38-36-34-31-29-27-25-23-20-17-14-11-8-5-2/h8,11,16-17,19-20,24-27,30-32,34,38,41,51,54,59-62,64-66,68,70-72,74-75H,4-7,9-10,12-15,18,21-23,28-29,33,35-37,39-40,42-50,52-53,55-58H2,1-3H3,(H,69,76)/b11-8-,19-16-,20-17-,26-24-,27-25-,32-30-,34-31-,41-38-,54-51+. The molecule has 1 saturated heterocycles. The number of aliphatic hydroxyl groups is 5. The molecule has 0 aromatic rings. The Labute approximate surface area is 481 Å². The number of aliphatic hydroxyl groups excluding tert-OH is 5. The number of carbonyl (C=O) groups is 2. The molecular formula is C68H115NO10. The third-order valence-electron chi connectivity index (χ3n) is 14.2. The van der Waals surface area contributed by atoms with Crippen LogP contribution >= 0.6 is 0 Å². The summed E-state index contributed by atoms with van der Waals surface area (Å²) in [6.45, 7) is 5.61. The Morgan fingerprint density at radius 3 is 1.39 bits per heavy atom. The second-order valence-electron chi connectivity index (χ2n) is 21.4. The molecule has 1 fully saturated rings. The highest BCUT2D eigenvalue weighted by Crippen LogP contribution is 2.26. The first-order valence-corrected chi connectivity index (χ1v) is 31.7. The van der Waals surface area contributed by atoms with E-state index in [1.165, 1.54) is 77.0 Å². The number of hydrogen-bond donors (Lipinski definition) is 6. The zero-order chi connectivity index (χ0) is 57.5. The quantitative estimate of drug-likeness (QED) is 0.0195. The Bertz CT molecular complexity index is 1700. The molecule has 452 valence electrons. The third kappa shape index (κ3) is 42.8. The summed E-state index contributed by atoms with van der Waals surface area (Å²) in [6, 6.07) is -1.04. The van der Waals surface area contributed by atoms with Gasteiger partial charge in [0, 0.05) is 6.42 Å². The van der Waals surface area contributed by atoms with Crippen LogP contribution in [0.25, 0.3) is 0 Å². The van der Waals surface area contributed by atoms with Crippen molar-refractivity contribution in [1.29, 1.82) is 0 Å². The van der Waals surface area contributed by atoms with Crippen LogP contribution in [0.4, 0.5) is 0 Å². The molecule has 1 rings (SSSR count). The third-order valence-corrected chi connectivity index (χ3v) is 14.2. The first kappa shape index (κ1) is 73.3. The van der Waals surface area contributed by atoms with Gasteiger partial charge in [-0.2, -0.15) is 0 Å². The number of nitrogens with one attached hydrogen (secondary N) is 1. The van der Waals surface area contributed by atoms with Gasteiger partial charge in [-0.15, -0.1) is 0 Å². The fourth-order valence-electron chi connectivity index (χ4n) is 9.15. The van der Waals surface area contributed by atoms with Crippen molar-refractivity contribution in [2.45, 2.75) is 294 Å². The van der Waals surface area contributed by atoms with Crippen molar-refractivity contribution in [3.63, 3.8) is 0 Å². The highest BCUT2D eigenvalue weighted by atomic mass is 16.7. The number of carbonyl (C=O) groups excluding carboxylic acids is 2. The van der Waals surface area contributed by atoms with Gasteiger partial charge in [-0.25, -0.2) is 0 Å². The lowest BCUT2D eigenvalue weighted by molar-refractivity contribution is -0.305.